The second-order valence-corrected chi connectivity index (χ2v) is 10.0. The first-order valence-electron chi connectivity index (χ1n) is 12.5. The number of carbonyl (C=O) groups is 1. The van der Waals surface area contributed by atoms with Gasteiger partial charge in [-0.1, -0.05) is 23.8 Å². The van der Waals surface area contributed by atoms with Crippen molar-refractivity contribution in [2.75, 3.05) is 11.4 Å². The molecule has 0 N–H and O–H groups in total. The van der Waals surface area contributed by atoms with Gasteiger partial charge in [0.1, 0.15) is 0 Å². The van der Waals surface area contributed by atoms with Crippen molar-refractivity contribution in [1.82, 2.24) is 24.3 Å². The Morgan fingerprint density at radius 3 is 2.54 bits per heavy atom. The average molecular weight is 531 g/mol. The number of pyridine rings is 1. The van der Waals surface area contributed by atoms with Crippen LogP contribution < -0.4 is 4.90 Å². The number of imidazole rings is 1. The van der Waals surface area contributed by atoms with Crippen LogP contribution in [0.1, 0.15) is 38.4 Å². The number of alkyl halides is 3. The lowest BCUT2D eigenvalue weighted by Crippen LogP contribution is -2.38. The summed E-state index contributed by atoms with van der Waals surface area (Å²) in [6.07, 6.45) is 4.42. The smallest absolute Gasteiger partial charge is 0.340 e. The maximum Gasteiger partial charge on any atom is 0.435 e. The number of anilines is 1. The number of aromatic nitrogens is 5. The molecule has 1 aliphatic rings. The largest absolute Gasteiger partial charge is 0.435 e. The van der Waals surface area contributed by atoms with Gasteiger partial charge in [-0.05, 0) is 42.2 Å². The summed E-state index contributed by atoms with van der Waals surface area (Å²) >= 11 is 0. The Morgan fingerprint density at radius 2 is 1.79 bits per heavy atom. The maximum absolute atomic E-state index is 14.1. The van der Waals surface area contributed by atoms with Crippen molar-refractivity contribution in [2.45, 2.75) is 25.9 Å². The van der Waals surface area contributed by atoms with Crippen LogP contribution in [0.2, 0.25) is 0 Å². The third kappa shape index (κ3) is 4.45. The molecule has 4 heterocycles. The summed E-state index contributed by atoms with van der Waals surface area (Å²) in [6, 6.07) is 9.50. The number of hydrogen-bond donors (Lipinski definition) is 0. The van der Waals surface area contributed by atoms with E-state index in [1.165, 1.54) is 13.2 Å². The number of fused-ring (bicyclic) bond motifs is 2. The van der Waals surface area contributed by atoms with E-state index in [-0.39, 0.29) is 11.5 Å². The second kappa shape index (κ2) is 9.07. The number of hydrogen-bond acceptors (Lipinski definition) is 4. The van der Waals surface area contributed by atoms with Crippen molar-refractivity contribution in [3.8, 4) is 11.1 Å². The molecular formula is C29H25F3N6O. The predicted octanol–water partition coefficient (Wildman–Crippen LogP) is 5.49. The SMILES string of the molecule is Cc1ccc2cncc(N3CCc4c(cc(Cc5cn(C)cn5)cc4-c4cn(C)nc4C(F)(F)F)C3=O)c2c1. The van der Waals surface area contributed by atoms with Crippen LogP contribution >= 0.6 is 0 Å². The first-order valence-corrected chi connectivity index (χ1v) is 12.5. The Balaban J connectivity index is 1.52. The fourth-order valence-corrected chi connectivity index (χ4v) is 5.37. The van der Waals surface area contributed by atoms with Gasteiger partial charge in [0.2, 0.25) is 0 Å². The van der Waals surface area contributed by atoms with Crippen molar-refractivity contribution in [2.24, 2.45) is 14.1 Å². The fraction of sp³-hybridized carbons (Fsp3) is 0.241. The van der Waals surface area contributed by atoms with Gasteiger partial charge in [-0.15, -0.1) is 0 Å². The minimum absolute atomic E-state index is 0.0344. The van der Waals surface area contributed by atoms with Crippen LogP contribution in [0.25, 0.3) is 21.9 Å². The molecule has 6 rings (SSSR count). The number of carbonyl (C=O) groups excluding carboxylic acids is 1. The van der Waals surface area contributed by atoms with Crippen LogP contribution in [0.5, 0.6) is 0 Å². The summed E-state index contributed by atoms with van der Waals surface area (Å²) in [5.74, 6) is -0.270. The molecule has 0 saturated carbocycles. The van der Waals surface area contributed by atoms with Crippen molar-refractivity contribution >= 4 is 22.4 Å². The standard InChI is InChI=1S/C29H25F3N6O/c1-17-4-5-19-12-33-13-26(22(19)8-17)38-7-6-21-23(25-15-37(3)35-27(25)29(30,31)32)10-18(11-24(21)28(38)39)9-20-14-36(2)16-34-20/h4-5,8,10-16H,6-7,9H2,1-3H3. The predicted molar refractivity (Wildman–Crippen MR) is 142 cm³/mol. The Bertz CT molecular complexity index is 1750. The van der Waals surface area contributed by atoms with Crippen LogP contribution in [-0.2, 0) is 33.1 Å². The van der Waals surface area contributed by atoms with Gasteiger partial charge in [-0.25, -0.2) is 4.98 Å². The Hall–Kier alpha value is -4.47. The van der Waals surface area contributed by atoms with Crippen molar-refractivity contribution < 1.29 is 18.0 Å². The highest BCUT2D eigenvalue weighted by atomic mass is 19.4. The molecule has 0 fully saturated rings. The topological polar surface area (TPSA) is 68.8 Å². The maximum atomic E-state index is 14.1. The zero-order valence-electron chi connectivity index (χ0n) is 21.6. The van der Waals surface area contributed by atoms with Crippen LogP contribution in [0.15, 0.2) is 61.4 Å². The molecule has 0 atom stereocenters. The summed E-state index contributed by atoms with van der Waals surface area (Å²) in [6.45, 7) is 2.30. The summed E-state index contributed by atoms with van der Waals surface area (Å²) in [4.78, 5) is 24.5. The lowest BCUT2D eigenvalue weighted by atomic mass is 9.87. The van der Waals surface area contributed by atoms with Crippen LogP contribution in [0.4, 0.5) is 18.9 Å². The van der Waals surface area contributed by atoms with Crippen LogP contribution in [-0.4, -0.2) is 36.8 Å². The highest BCUT2D eigenvalue weighted by Gasteiger charge is 2.39. The number of benzene rings is 2. The van der Waals surface area contributed by atoms with Gasteiger partial charge in [-0.3, -0.25) is 14.5 Å². The van der Waals surface area contributed by atoms with Gasteiger partial charge < -0.3 is 9.47 Å². The number of halogens is 3. The molecule has 5 aromatic rings. The third-order valence-corrected chi connectivity index (χ3v) is 7.09. The van der Waals surface area contributed by atoms with E-state index in [0.717, 1.165) is 26.7 Å². The van der Waals surface area contributed by atoms with Gasteiger partial charge in [-0.2, -0.15) is 18.3 Å². The molecular weight excluding hydrogens is 505 g/mol. The fourth-order valence-electron chi connectivity index (χ4n) is 5.37. The molecule has 3 aromatic heterocycles. The summed E-state index contributed by atoms with van der Waals surface area (Å²) in [5, 5.41) is 5.53. The molecule has 0 saturated heterocycles. The molecule has 2 aromatic carbocycles. The molecule has 0 unspecified atom stereocenters. The number of aryl methyl sites for hydroxylation is 3. The van der Waals surface area contributed by atoms with Crippen LogP contribution in [0, 0.1) is 6.92 Å². The quantitative estimate of drug-likeness (QED) is 0.308. The normalized spacial score (nSPS) is 13.8. The lowest BCUT2D eigenvalue weighted by molar-refractivity contribution is -0.140. The number of nitrogens with zero attached hydrogens (tertiary/aromatic N) is 6. The third-order valence-electron chi connectivity index (χ3n) is 7.09. The van der Waals surface area contributed by atoms with Crippen molar-refractivity contribution in [3.63, 3.8) is 0 Å². The Labute approximate surface area is 222 Å². The molecule has 39 heavy (non-hydrogen) atoms. The molecule has 0 spiro atoms. The van der Waals surface area contributed by atoms with Crippen LogP contribution in [0.3, 0.4) is 0 Å². The van der Waals surface area contributed by atoms with Crippen molar-refractivity contribution in [1.29, 1.82) is 0 Å². The molecule has 0 bridgehead atoms. The molecule has 1 amide bonds. The number of rotatable bonds is 4. The van der Waals surface area contributed by atoms with Crippen molar-refractivity contribution in [3.05, 3.63) is 95.1 Å². The van der Waals surface area contributed by atoms with Gasteiger partial charge in [0, 0.05) is 67.6 Å². The Kier molecular flexibility index (Phi) is 5.78. The molecule has 0 radical (unpaired) electrons. The van der Waals surface area contributed by atoms with Gasteiger partial charge >= 0.3 is 6.18 Å². The summed E-state index contributed by atoms with van der Waals surface area (Å²) in [5.41, 5.74) is 3.52. The molecule has 0 aliphatic carbocycles. The average Bonchev–Trinajstić information content (AvgIpc) is 3.49. The number of amides is 1. The van der Waals surface area contributed by atoms with E-state index < -0.39 is 11.9 Å². The van der Waals surface area contributed by atoms with E-state index in [9.17, 15) is 18.0 Å². The first kappa shape index (κ1) is 24.8. The summed E-state index contributed by atoms with van der Waals surface area (Å²) in [7, 11) is 3.31. The van der Waals surface area contributed by atoms with Gasteiger partial charge in [0.05, 0.1) is 23.9 Å². The van der Waals surface area contributed by atoms with Gasteiger partial charge in [0.15, 0.2) is 5.69 Å². The van der Waals surface area contributed by atoms with E-state index in [1.54, 1.807) is 40.3 Å². The molecule has 1 aliphatic heterocycles. The molecule has 10 heteroatoms. The molecule has 7 nitrogen and oxygen atoms in total. The second-order valence-electron chi connectivity index (χ2n) is 10.0. The minimum atomic E-state index is -4.64. The van der Waals surface area contributed by atoms with E-state index >= 15 is 0 Å². The zero-order valence-corrected chi connectivity index (χ0v) is 21.6. The van der Waals surface area contributed by atoms with E-state index in [4.69, 9.17) is 0 Å². The van der Waals surface area contributed by atoms with Gasteiger partial charge in [0.25, 0.3) is 5.91 Å². The first-order chi connectivity index (χ1) is 18.6. The van der Waals surface area contributed by atoms with E-state index in [0.29, 0.717) is 47.3 Å². The summed E-state index contributed by atoms with van der Waals surface area (Å²) < 4.78 is 45.0. The zero-order chi connectivity index (χ0) is 27.5. The lowest BCUT2D eigenvalue weighted by Gasteiger charge is -2.31. The highest BCUT2D eigenvalue weighted by molar-refractivity contribution is 6.13. The Morgan fingerprint density at radius 1 is 1.00 bits per heavy atom. The monoisotopic (exact) mass is 530 g/mol. The van der Waals surface area contributed by atoms with E-state index in [1.807, 2.05) is 38.4 Å². The molecule has 198 valence electrons. The van der Waals surface area contributed by atoms with E-state index in [2.05, 4.69) is 15.1 Å². The highest BCUT2D eigenvalue weighted by Crippen LogP contribution is 2.41. The minimum Gasteiger partial charge on any atom is -0.340 e.